The highest BCUT2D eigenvalue weighted by atomic mass is 16.4. The summed E-state index contributed by atoms with van der Waals surface area (Å²) in [6.45, 7) is 8.82. The van der Waals surface area contributed by atoms with Gasteiger partial charge in [0.05, 0.1) is 0 Å². The molecule has 0 bridgehead atoms. The number of hydrogen-bond acceptors (Lipinski definition) is 5. The van der Waals surface area contributed by atoms with Gasteiger partial charge >= 0.3 is 5.97 Å². The molecule has 2 aromatic heterocycles. The largest absolute Gasteiger partial charge is 0.478 e. The molecule has 0 saturated heterocycles. The Bertz CT molecular complexity index is 839. The van der Waals surface area contributed by atoms with Crippen molar-refractivity contribution in [1.29, 1.82) is 0 Å². The molecule has 8 nitrogen and oxygen atoms in total. The van der Waals surface area contributed by atoms with Gasteiger partial charge in [-0.15, -0.1) is 0 Å². The Hall–Kier alpha value is -2.64. The summed E-state index contributed by atoms with van der Waals surface area (Å²) in [6, 6.07) is -0.0358. The number of aryl methyl sites for hydroxylation is 1. The van der Waals surface area contributed by atoms with Crippen molar-refractivity contribution < 1.29 is 19.1 Å². The lowest BCUT2D eigenvalue weighted by Crippen LogP contribution is -2.44. The highest BCUT2D eigenvalue weighted by molar-refractivity contribution is 6.02. The van der Waals surface area contributed by atoms with Gasteiger partial charge in [0.2, 0.25) is 11.6 Å². The van der Waals surface area contributed by atoms with E-state index in [1.54, 1.807) is 4.90 Å². The Morgan fingerprint density at radius 1 is 1.29 bits per heavy atom. The average Bonchev–Trinajstić information content (AvgIpc) is 2.78. The van der Waals surface area contributed by atoms with Gasteiger partial charge in [0.15, 0.2) is 0 Å². The summed E-state index contributed by atoms with van der Waals surface area (Å²) in [5.74, 6) is -1.39. The zero-order valence-electron chi connectivity index (χ0n) is 14.4. The lowest BCUT2D eigenvalue weighted by molar-refractivity contribution is -0.135. The third kappa shape index (κ3) is 3.04. The number of hydrogen-bond donors (Lipinski definition) is 1. The van der Waals surface area contributed by atoms with Gasteiger partial charge in [-0.25, -0.2) is 9.78 Å². The maximum absolute atomic E-state index is 12.6. The standard InChI is InChI=1S/C16H21N3O5/c1-8(2)19(9(3)4)11(20)6-18-7-17-14-13(15(18)21)12(16(22)23)10(5)24-14/h7-9H,6H2,1-5H3,(H,22,23). The van der Waals surface area contributed by atoms with Crippen molar-refractivity contribution in [3.63, 3.8) is 0 Å². The second-order valence-corrected chi connectivity index (χ2v) is 6.18. The molecule has 0 spiro atoms. The lowest BCUT2D eigenvalue weighted by Gasteiger charge is -2.30. The number of fused-ring (bicyclic) bond motifs is 1. The number of nitrogens with zero attached hydrogens (tertiary/aromatic N) is 3. The molecule has 130 valence electrons. The molecule has 0 radical (unpaired) electrons. The number of carboxylic acids is 1. The van der Waals surface area contributed by atoms with E-state index in [0.717, 1.165) is 4.57 Å². The van der Waals surface area contributed by atoms with Gasteiger partial charge < -0.3 is 14.4 Å². The van der Waals surface area contributed by atoms with Crippen LogP contribution >= 0.6 is 0 Å². The quantitative estimate of drug-likeness (QED) is 0.890. The summed E-state index contributed by atoms with van der Waals surface area (Å²) in [6.07, 6.45) is 1.20. The first-order valence-corrected chi connectivity index (χ1v) is 7.68. The monoisotopic (exact) mass is 335 g/mol. The van der Waals surface area contributed by atoms with E-state index >= 15 is 0 Å². The van der Waals surface area contributed by atoms with Crippen LogP contribution in [0.1, 0.15) is 43.8 Å². The lowest BCUT2D eigenvalue weighted by atomic mass is 10.2. The van der Waals surface area contributed by atoms with Crippen LogP contribution in [0.2, 0.25) is 0 Å². The van der Waals surface area contributed by atoms with Crippen molar-refractivity contribution in [3.8, 4) is 0 Å². The average molecular weight is 335 g/mol. The third-order valence-corrected chi connectivity index (χ3v) is 3.77. The highest BCUT2D eigenvalue weighted by Crippen LogP contribution is 2.20. The Balaban J connectivity index is 2.49. The zero-order valence-corrected chi connectivity index (χ0v) is 14.4. The van der Waals surface area contributed by atoms with Crippen LogP contribution in [0.5, 0.6) is 0 Å². The van der Waals surface area contributed by atoms with Crippen LogP contribution < -0.4 is 5.56 Å². The first kappa shape index (κ1) is 17.7. The number of aromatic nitrogens is 2. The minimum atomic E-state index is -1.26. The normalized spacial score (nSPS) is 11.5. The molecule has 2 aromatic rings. The Morgan fingerprint density at radius 3 is 2.38 bits per heavy atom. The molecule has 24 heavy (non-hydrogen) atoms. The summed E-state index contributed by atoms with van der Waals surface area (Å²) in [7, 11) is 0. The first-order valence-electron chi connectivity index (χ1n) is 7.68. The summed E-state index contributed by atoms with van der Waals surface area (Å²) < 4.78 is 6.34. The predicted molar refractivity (Wildman–Crippen MR) is 87.1 cm³/mol. The number of carbonyl (C=O) groups excluding carboxylic acids is 1. The molecule has 0 aromatic carbocycles. The van der Waals surface area contributed by atoms with Crippen LogP contribution in [0, 0.1) is 6.92 Å². The van der Waals surface area contributed by atoms with Crippen LogP contribution in [0.25, 0.3) is 11.1 Å². The number of rotatable bonds is 5. The van der Waals surface area contributed by atoms with Crippen LogP contribution in [0.4, 0.5) is 0 Å². The molecule has 0 fully saturated rings. The second kappa shape index (κ2) is 6.46. The molecular weight excluding hydrogens is 314 g/mol. The van der Waals surface area contributed by atoms with E-state index in [0.29, 0.717) is 0 Å². The van der Waals surface area contributed by atoms with Gasteiger partial charge in [-0.3, -0.25) is 14.2 Å². The molecule has 0 aliphatic carbocycles. The molecule has 2 heterocycles. The number of carboxylic acid groups (broad SMARTS) is 1. The molecule has 8 heteroatoms. The van der Waals surface area contributed by atoms with E-state index in [4.69, 9.17) is 4.42 Å². The second-order valence-electron chi connectivity index (χ2n) is 6.18. The van der Waals surface area contributed by atoms with Gasteiger partial charge in [0.25, 0.3) is 5.56 Å². The third-order valence-electron chi connectivity index (χ3n) is 3.77. The minimum Gasteiger partial charge on any atom is -0.478 e. The number of carbonyl (C=O) groups is 2. The summed E-state index contributed by atoms with van der Waals surface area (Å²) >= 11 is 0. The number of furan rings is 1. The molecule has 0 saturated carbocycles. The van der Waals surface area contributed by atoms with E-state index in [1.165, 1.54) is 13.3 Å². The maximum Gasteiger partial charge on any atom is 0.340 e. The van der Waals surface area contributed by atoms with Crippen molar-refractivity contribution in [2.24, 2.45) is 0 Å². The molecule has 0 aliphatic rings. The van der Waals surface area contributed by atoms with Crippen LogP contribution in [-0.4, -0.2) is 43.5 Å². The highest BCUT2D eigenvalue weighted by Gasteiger charge is 2.24. The first-order chi connectivity index (χ1) is 11.1. The van der Waals surface area contributed by atoms with Crippen LogP contribution in [-0.2, 0) is 11.3 Å². The smallest absolute Gasteiger partial charge is 0.340 e. The fourth-order valence-electron chi connectivity index (χ4n) is 2.91. The number of amides is 1. The Labute approximate surface area is 138 Å². The topological polar surface area (TPSA) is 106 Å². The zero-order chi connectivity index (χ0) is 18.2. The van der Waals surface area contributed by atoms with Gasteiger partial charge in [0.1, 0.15) is 29.6 Å². The Kier molecular flexibility index (Phi) is 4.77. The minimum absolute atomic E-state index is 0.0179. The maximum atomic E-state index is 12.6. The van der Waals surface area contributed by atoms with Crippen molar-refractivity contribution in [2.45, 2.75) is 53.2 Å². The van der Waals surface area contributed by atoms with E-state index < -0.39 is 11.5 Å². The molecule has 0 aliphatic heterocycles. The summed E-state index contributed by atoms with van der Waals surface area (Å²) in [4.78, 5) is 42.1. The SMILES string of the molecule is Cc1oc2ncn(CC(=O)N(C(C)C)C(C)C)c(=O)c2c1C(=O)O. The number of aromatic carboxylic acids is 1. The van der Waals surface area contributed by atoms with Crippen molar-refractivity contribution in [1.82, 2.24) is 14.5 Å². The predicted octanol–water partition coefficient (Wildman–Crippen LogP) is 1.64. The van der Waals surface area contributed by atoms with E-state index in [9.17, 15) is 19.5 Å². The van der Waals surface area contributed by atoms with E-state index in [-0.39, 0.29) is 47.0 Å². The van der Waals surface area contributed by atoms with Crippen LogP contribution in [0.15, 0.2) is 15.5 Å². The molecule has 0 unspecified atom stereocenters. The van der Waals surface area contributed by atoms with Crippen molar-refractivity contribution >= 4 is 23.0 Å². The van der Waals surface area contributed by atoms with Gasteiger partial charge in [0, 0.05) is 12.1 Å². The molecule has 1 N–H and O–H groups in total. The van der Waals surface area contributed by atoms with E-state index in [2.05, 4.69) is 4.98 Å². The van der Waals surface area contributed by atoms with Gasteiger partial charge in [-0.2, -0.15) is 0 Å². The van der Waals surface area contributed by atoms with E-state index in [1.807, 2.05) is 27.7 Å². The molecular formula is C16H21N3O5. The van der Waals surface area contributed by atoms with Gasteiger partial charge in [-0.05, 0) is 34.6 Å². The van der Waals surface area contributed by atoms with Crippen molar-refractivity contribution in [3.05, 3.63) is 28.0 Å². The Morgan fingerprint density at radius 2 is 1.88 bits per heavy atom. The molecule has 1 amide bonds. The fraction of sp³-hybridized carbons (Fsp3) is 0.500. The molecule has 0 atom stereocenters. The summed E-state index contributed by atoms with van der Waals surface area (Å²) in [5.41, 5.74) is -0.855. The van der Waals surface area contributed by atoms with Crippen LogP contribution in [0.3, 0.4) is 0 Å². The van der Waals surface area contributed by atoms with Crippen molar-refractivity contribution in [2.75, 3.05) is 0 Å². The van der Waals surface area contributed by atoms with Gasteiger partial charge in [-0.1, -0.05) is 0 Å². The summed E-state index contributed by atoms with van der Waals surface area (Å²) in [5, 5.41) is 9.16. The fourth-order valence-corrected chi connectivity index (χ4v) is 2.91. The molecule has 2 rings (SSSR count).